The summed E-state index contributed by atoms with van der Waals surface area (Å²) in [5, 5.41) is 2.97. The SMILES string of the molecule is CC(=O)N1CCC(Cc2cnc(CNC(=O)C3CCCN3C)cn2)CC1. The quantitative estimate of drug-likeness (QED) is 0.848. The van der Waals surface area contributed by atoms with Crippen LogP contribution in [0.4, 0.5) is 0 Å². The van der Waals surface area contributed by atoms with Crippen molar-refractivity contribution in [2.24, 2.45) is 5.92 Å². The molecule has 2 aliphatic rings. The summed E-state index contributed by atoms with van der Waals surface area (Å²) in [6, 6.07) is -0.0110. The molecule has 7 heteroatoms. The zero-order valence-corrected chi connectivity index (χ0v) is 15.8. The van der Waals surface area contributed by atoms with Crippen molar-refractivity contribution in [3.05, 3.63) is 23.8 Å². The molecule has 0 aliphatic carbocycles. The van der Waals surface area contributed by atoms with Gasteiger partial charge in [-0.15, -0.1) is 0 Å². The van der Waals surface area contributed by atoms with Crippen molar-refractivity contribution < 1.29 is 9.59 Å². The fourth-order valence-corrected chi connectivity index (χ4v) is 3.86. The van der Waals surface area contributed by atoms with Crippen molar-refractivity contribution in [2.45, 2.75) is 51.6 Å². The Labute approximate surface area is 155 Å². The zero-order valence-electron chi connectivity index (χ0n) is 15.8. The second kappa shape index (κ2) is 8.58. The van der Waals surface area contributed by atoms with E-state index < -0.39 is 0 Å². The number of carbonyl (C=O) groups excluding carboxylic acids is 2. The summed E-state index contributed by atoms with van der Waals surface area (Å²) in [4.78, 5) is 36.6. The summed E-state index contributed by atoms with van der Waals surface area (Å²) in [5.74, 6) is 0.801. The molecule has 1 atom stereocenters. The maximum atomic E-state index is 12.2. The molecule has 1 N–H and O–H groups in total. The fourth-order valence-electron chi connectivity index (χ4n) is 3.86. The average molecular weight is 359 g/mol. The lowest BCUT2D eigenvalue weighted by Gasteiger charge is -2.31. The van der Waals surface area contributed by atoms with Crippen molar-refractivity contribution in [1.82, 2.24) is 25.1 Å². The van der Waals surface area contributed by atoms with Crippen molar-refractivity contribution in [3.63, 3.8) is 0 Å². The number of hydrogen-bond acceptors (Lipinski definition) is 5. The van der Waals surface area contributed by atoms with Crippen molar-refractivity contribution in [1.29, 1.82) is 0 Å². The molecule has 0 saturated carbocycles. The minimum Gasteiger partial charge on any atom is -0.349 e. The molecule has 2 aliphatic heterocycles. The highest BCUT2D eigenvalue weighted by Gasteiger charge is 2.27. The number of hydrogen-bond donors (Lipinski definition) is 1. The van der Waals surface area contributed by atoms with Crippen LogP contribution in [0, 0.1) is 5.92 Å². The van der Waals surface area contributed by atoms with E-state index in [1.165, 1.54) is 0 Å². The van der Waals surface area contributed by atoms with E-state index in [9.17, 15) is 9.59 Å². The van der Waals surface area contributed by atoms with Gasteiger partial charge in [0.2, 0.25) is 11.8 Å². The molecule has 7 nitrogen and oxygen atoms in total. The number of carbonyl (C=O) groups is 2. The largest absolute Gasteiger partial charge is 0.349 e. The van der Waals surface area contributed by atoms with Crippen LogP contribution in [0.1, 0.15) is 44.0 Å². The van der Waals surface area contributed by atoms with E-state index in [1.807, 2.05) is 18.1 Å². The second-order valence-electron chi connectivity index (χ2n) is 7.51. The molecular weight excluding hydrogens is 330 g/mol. The van der Waals surface area contributed by atoms with Crippen LogP contribution in [0.3, 0.4) is 0 Å². The van der Waals surface area contributed by atoms with Crippen molar-refractivity contribution >= 4 is 11.8 Å². The molecule has 2 saturated heterocycles. The van der Waals surface area contributed by atoms with Gasteiger partial charge in [0, 0.05) is 26.2 Å². The van der Waals surface area contributed by atoms with Crippen molar-refractivity contribution in [2.75, 3.05) is 26.7 Å². The molecule has 0 bridgehead atoms. The number of piperidine rings is 1. The maximum Gasteiger partial charge on any atom is 0.237 e. The molecule has 1 aromatic rings. The van der Waals surface area contributed by atoms with Crippen LogP contribution in [0.5, 0.6) is 0 Å². The van der Waals surface area contributed by atoms with E-state index in [1.54, 1.807) is 13.1 Å². The average Bonchev–Trinajstić information content (AvgIpc) is 3.07. The number of likely N-dealkylation sites (N-methyl/N-ethyl adjacent to an activating group) is 1. The van der Waals surface area contributed by atoms with E-state index in [-0.39, 0.29) is 17.9 Å². The molecule has 1 aromatic heterocycles. The minimum atomic E-state index is -0.0110. The molecule has 3 heterocycles. The van der Waals surface area contributed by atoms with Gasteiger partial charge in [-0.1, -0.05) is 0 Å². The van der Waals surface area contributed by atoms with E-state index in [0.29, 0.717) is 12.5 Å². The first-order chi connectivity index (χ1) is 12.5. The monoisotopic (exact) mass is 359 g/mol. The first-order valence-electron chi connectivity index (χ1n) is 9.56. The lowest BCUT2D eigenvalue weighted by Crippen LogP contribution is -2.41. The van der Waals surface area contributed by atoms with Crippen LogP contribution in [0.25, 0.3) is 0 Å². The van der Waals surface area contributed by atoms with Gasteiger partial charge < -0.3 is 10.2 Å². The summed E-state index contributed by atoms with van der Waals surface area (Å²) in [7, 11) is 1.99. The first-order valence-corrected chi connectivity index (χ1v) is 9.56. The van der Waals surface area contributed by atoms with Gasteiger partial charge in [0.05, 0.1) is 30.2 Å². The molecule has 2 fully saturated rings. The normalized spacial score (nSPS) is 21.8. The Morgan fingerprint density at radius 3 is 2.38 bits per heavy atom. The highest BCUT2D eigenvalue weighted by molar-refractivity contribution is 5.81. The number of amides is 2. The van der Waals surface area contributed by atoms with Crippen LogP contribution in [0.2, 0.25) is 0 Å². The third-order valence-electron chi connectivity index (χ3n) is 5.58. The maximum absolute atomic E-state index is 12.2. The predicted molar refractivity (Wildman–Crippen MR) is 98.2 cm³/mol. The van der Waals surface area contributed by atoms with Crippen LogP contribution >= 0.6 is 0 Å². The van der Waals surface area contributed by atoms with Gasteiger partial charge in [0.15, 0.2) is 0 Å². The van der Waals surface area contributed by atoms with Gasteiger partial charge in [-0.25, -0.2) is 0 Å². The van der Waals surface area contributed by atoms with Gasteiger partial charge in [-0.3, -0.25) is 24.5 Å². The summed E-state index contributed by atoms with van der Waals surface area (Å²) in [6.45, 7) is 4.72. The molecule has 2 amide bonds. The second-order valence-corrected chi connectivity index (χ2v) is 7.51. The predicted octanol–water partition coefficient (Wildman–Crippen LogP) is 0.988. The molecule has 0 radical (unpaired) electrons. The highest BCUT2D eigenvalue weighted by Crippen LogP contribution is 2.20. The molecule has 3 rings (SSSR count). The van der Waals surface area contributed by atoms with Crippen LogP contribution in [0.15, 0.2) is 12.4 Å². The topological polar surface area (TPSA) is 78.4 Å². The summed E-state index contributed by atoms with van der Waals surface area (Å²) in [6.07, 6.45) is 8.53. The van der Waals surface area contributed by atoms with E-state index in [0.717, 1.165) is 63.1 Å². The van der Waals surface area contributed by atoms with Gasteiger partial charge in [0.1, 0.15) is 0 Å². The standard InChI is InChI=1S/C19H29N5O2/c1-14(25)24-8-5-15(6-9-24)10-16-11-21-17(12-20-16)13-22-19(26)18-4-3-7-23(18)2/h11-12,15,18H,3-10,13H2,1-2H3,(H,22,26). The summed E-state index contributed by atoms with van der Waals surface area (Å²) >= 11 is 0. The Balaban J connectivity index is 1.43. The Bertz CT molecular complexity index is 625. The molecule has 142 valence electrons. The third-order valence-corrected chi connectivity index (χ3v) is 5.58. The van der Waals surface area contributed by atoms with Gasteiger partial charge >= 0.3 is 0 Å². The Hall–Kier alpha value is -2.02. The number of rotatable bonds is 5. The van der Waals surface area contributed by atoms with Crippen molar-refractivity contribution in [3.8, 4) is 0 Å². The number of nitrogens with one attached hydrogen (secondary N) is 1. The number of nitrogens with zero attached hydrogens (tertiary/aromatic N) is 4. The van der Waals surface area contributed by atoms with Crippen LogP contribution < -0.4 is 5.32 Å². The third kappa shape index (κ3) is 4.78. The lowest BCUT2D eigenvalue weighted by molar-refractivity contribution is -0.130. The van der Waals surface area contributed by atoms with E-state index >= 15 is 0 Å². The summed E-state index contributed by atoms with van der Waals surface area (Å²) in [5.41, 5.74) is 1.77. The Morgan fingerprint density at radius 2 is 1.81 bits per heavy atom. The summed E-state index contributed by atoms with van der Waals surface area (Å²) < 4.78 is 0. The first kappa shape index (κ1) is 18.8. The highest BCUT2D eigenvalue weighted by atomic mass is 16.2. The zero-order chi connectivity index (χ0) is 18.5. The molecule has 0 spiro atoms. The Morgan fingerprint density at radius 1 is 1.12 bits per heavy atom. The van der Waals surface area contributed by atoms with E-state index in [2.05, 4.69) is 20.2 Å². The molecule has 1 unspecified atom stereocenters. The fraction of sp³-hybridized carbons (Fsp3) is 0.684. The van der Waals surface area contributed by atoms with Gasteiger partial charge in [-0.05, 0) is 51.6 Å². The van der Waals surface area contributed by atoms with Crippen LogP contribution in [-0.4, -0.2) is 64.3 Å². The molecule has 0 aromatic carbocycles. The smallest absolute Gasteiger partial charge is 0.237 e. The minimum absolute atomic E-state index is 0.0110. The lowest BCUT2D eigenvalue weighted by atomic mass is 9.92. The van der Waals surface area contributed by atoms with E-state index in [4.69, 9.17) is 0 Å². The van der Waals surface area contributed by atoms with Crippen LogP contribution in [-0.2, 0) is 22.6 Å². The van der Waals surface area contributed by atoms with Gasteiger partial charge in [-0.2, -0.15) is 0 Å². The molecular formula is C19H29N5O2. The number of likely N-dealkylation sites (tertiary alicyclic amines) is 2. The molecule has 26 heavy (non-hydrogen) atoms. The van der Waals surface area contributed by atoms with Gasteiger partial charge in [0.25, 0.3) is 0 Å². The Kier molecular flexibility index (Phi) is 6.19. The number of aromatic nitrogens is 2.